The van der Waals surface area contributed by atoms with Crippen LogP contribution >= 0.6 is 11.6 Å². The van der Waals surface area contributed by atoms with Gasteiger partial charge < -0.3 is 10.4 Å². The lowest BCUT2D eigenvalue weighted by molar-refractivity contribution is 0.0691. The summed E-state index contributed by atoms with van der Waals surface area (Å²) in [6.07, 6.45) is 4.20. The number of nitrogens with zero attached hydrogens (tertiary/aromatic N) is 3. The Morgan fingerprint density at radius 2 is 2.19 bits per heavy atom. The molecule has 2 aromatic rings. The van der Waals surface area contributed by atoms with Crippen molar-refractivity contribution in [2.45, 2.75) is 0 Å². The Hall–Kier alpha value is -2.15. The van der Waals surface area contributed by atoms with E-state index in [1.54, 1.807) is 0 Å². The summed E-state index contributed by atoms with van der Waals surface area (Å²) >= 11 is 5.76. The Morgan fingerprint density at radius 3 is 2.88 bits per heavy atom. The van der Waals surface area contributed by atoms with Gasteiger partial charge in [0, 0.05) is 12.4 Å². The van der Waals surface area contributed by atoms with E-state index in [-0.39, 0.29) is 22.4 Å². The number of aromatic amines is 1. The minimum Gasteiger partial charge on any atom is -0.476 e. The van der Waals surface area contributed by atoms with E-state index in [4.69, 9.17) is 16.7 Å². The van der Waals surface area contributed by atoms with E-state index in [0.717, 1.165) is 0 Å². The molecule has 0 aliphatic rings. The molecule has 82 valence electrons. The van der Waals surface area contributed by atoms with E-state index in [9.17, 15) is 4.79 Å². The van der Waals surface area contributed by atoms with Gasteiger partial charge >= 0.3 is 5.97 Å². The van der Waals surface area contributed by atoms with Crippen molar-refractivity contribution >= 4 is 29.1 Å². The number of carbonyl (C=O) groups is 1. The molecule has 0 fully saturated rings. The lowest BCUT2D eigenvalue weighted by Gasteiger charge is -2.04. The summed E-state index contributed by atoms with van der Waals surface area (Å²) in [5, 5.41) is 17.6. The topological polar surface area (TPSA) is 104 Å². The van der Waals surface area contributed by atoms with E-state index in [0.29, 0.717) is 0 Å². The number of carboxylic acid groups (broad SMARTS) is 1. The molecular weight excluding hydrogens is 234 g/mol. The number of nitrogens with one attached hydrogen (secondary N) is 2. The second-order valence-corrected chi connectivity index (χ2v) is 3.14. The second kappa shape index (κ2) is 4.15. The molecule has 2 rings (SSSR count). The first-order chi connectivity index (χ1) is 7.68. The van der Waals surface area contributed by atoms with Gasteiger partial charge in [-0.15, -0.1) is 0 Å². The lowest BCUT2D eigenvalue weighted by Crippen LogP contribution is -2.03. The highest BCUT2D eigenvalue weighted by molar-refractivity contribution is 6.31. The van der Waals surface area contributed by atoms with Gasteiger partial charge in [0.05, 0.1) is 11.9 Å². The average molecular weight is 240 g/mol. The van der Waals surface area contributed by atoms with Crippen LogP contribution in [0, 0.1) is 0 Å². The largest absolute Gasteiger partial charge is 0.476 e. The quantitative estimate of drug-likeness (QED) is 0.746. The molecule has 0 aliphatic heterocycles. The van der Waals surface area contributed by atoms with Gasteiger partial charge in [0.15, 0.2) is 16.7 Å². The summed E-state index contributed by atoms with van der Waals surface area (Å²) < 4.78 is 0. The molecule has 2 heterocycles. The highest BCUT2D eigenvalue weighted by atomic mass is 35.5. The van der Waals surface area contributed by atoms with Crippen LogP contribution in [0.2, 0.25) is 5.15 Å². The zero-order chi connectivity index (χ0) is 11.5. The number of anilines is 2. The number of hydrogen-bond donors (Lipinski definition) is 3. The number of hydrogen-bond acceptors (Lipinski definition) is 5. The molecule has 3 N–H and O–H groups in total. The maximum Gasteiger partial charge on any atom is 0.356 e. The lowest BCUT2D eigenvalue weighted by atomic mass is 10.3. The van der Waals surface area contributed by atoms with Gasteiger partial charge in [-0.25, -0.2) is 14.8 Å². The van der Waals surface area contributed by atoms with Gasteiger partial charge in [-0.3, -0.25) is 5.10 Å². The third-order valence-corrected chi connectivity index (χ3v) is 2.04. The van der Waals surface area contributed by atoms with Crippen molar-refractivity contribution in [1.29, 1.82) is 0 Å². The summed E-state index contributed by atoms with van der Waals surface area (Å²) in [6, 6.07) is 0. The van der Waals surface area contributed by atoms with Crippen molar-refractivity contribution in [3.05, 3.63) is 29.4 Å². The minimum atomic E-state index is -1.12. The first-order valence-electron chi connectivity index (χ1n) is 4.18. The summed E-state index contributed by atoms with van der Waals surface area (Å²) in [6.45, 7) is 0. The monoisotopic (exact) mass is 239 g/mol. The highest BCUT2D eigenvalue weighted by Crippen LogP contribution is 2.21. The van der Waals surface area contributed by atoms with Gasteiger partial charge in [-0.05, 0) is 0 Å². The van der Waals surface area contributed by atoms with Crippen molar-refractivity contribution in [1.82, 2.24) is 20.2 Å². The van der Waals surface area contributed by atoms with Gasteiger partial charge in [0.1, 0.15) is 0 Å². The molecular formula is C8H6ClN5O2. The van der Waals surface area contributed by atoms with Crippen LogP contribution < -0.4 is 5.32 Å². The van der Waals surface area contributed by atoms with Gasteiger partial charge in [0.25, 0.3) is 0 Å². The zero-order valence-electron chi connectivity index (χ0n) is 7.81. The Morgan fingerprint density at radius 1 is 1.44 bits per heavy atom. The van der Waals surface area contributed by atoms with Crippen LogP contribution in [0.1, 0.15) is 10.5 Å². The third kappa shape index (κ3) is 1.94. The normalized spacial score (nSPS) is 10.1. The van der Waals surface area contributed by atoms with Crippen LogP contribution in [-0.4, -0.2) is 31.2 Å². The number of carboxylic acids is 1. The maximum absolute atomic E-state index is 10.8. The molecule has 0 saturated carbocycles. The molecule has 2 aromatic heterocycles. The molecule has 0 radical (unpaired) electrons. The fourth-order valence-electron chi connectivity index (χ4n) is 1.08. The first-order valence-corrected chi connectivity index (χ1v) is 4.56. The summed E-state index contributed by atoms with van der Waals surface area (Å²) in [5.41, 5.74) is 0.205. The number of rotatable bonds is 3. The molecule has 0 aliphatic carbocycles. The molecule has 0 saturated heterocycles. The Labute approximate surface area is 94.5 Å². The summed E-state index contributed by atoms with van der Waals surface area (Å²) in [4.78, 5) is 18.5. The van der Waals surface area contributed by atoms with Crippen LogP contribution in [0.3, 0.4) is 0 Å². The molecule has 0 atom stereocenters. The van der Waals surface area contributed by atoms with Crippen molar-refractivity contribution in [3.8, 4) is 0 Å². The number of halogens is 1. The van der Waals surface area contributed by atoms with Crippen LogP contribution in [-0.2, 0) is 0 Å². The third-order valence-electron chi connectivity index (χ3n) is 1.76. The molecule has 8 heteroatoms. The number of aromatic carboxylic acids is 1. The van der Waals surface area contributed by atoms with Crippen LogP contribution in [0.4, 0.5) is 11.5 Å². The molecule has 16 heavy (non-hydrogen) atoms. The highest BCUT2D eigenvalue weighted by Gasteiger charge is 2.13. The number of H-pyrrole nitrogens is 1. The Kier molecular flexibility index (Phi) is 2.69. The smallest absolute Gasteiger partial charge is 0.356 e. The molecule has 0 spiro atoms. The predicted molar refractivity (Wildman–Crippen MR) is 55.9 cm³/mol. The van der Waals surface area contributed by atoms with E-state index in [1.165, 1.54) is 18.6 Å². The van der Waals surface area contributed by atoms with Crippen molar-refractivity contribution in [2.24, 2.45) is 0 Å². The predicted octanol–water partition coefficient (Wildman–Crippen LogP) is 1.29. The van der Waals surface area contributed by atoms with Gasteiger partial charge in [0.2, 0.25) is 0 Å². The van der Waals surface area contributed by atoms with Crippen LogP contribution in [0.5, 0.6) is 0 Å². The molecule has 7 nitrogen and oxygen atoms in total. The minimum absolute atomic E-state index is 0.0679. The molecule has 0 aromatic carbocycles. The van der Waals surface area contributed by atoms with Gasteiger partial charge in [-0.1, -0.05) is 11.6 Å². The van der Waals surface area contributed by atoms with Crippen LogP contribution in [0.25, 0.3) is 0 Å². The van der Waals surface area contributed by atoms with Gasteiger partial charge in [-0.2, -0.15) is 5.10 Å². The van der Waals surface area contributed by atoms with E-state index < -0.39 is 5.97 Å². The Bertz CT molecular complexity index is 527. The molecule has 0 unspecified atom stereocenters. The van der Waals surface area contributed by atoms with E-state index >= 15 is 0 Å². The van der Waals surface area contributed by atoms with Crippen molar-refractivity contribution in [2.75, 3.05) is 5.32 Å². The summed E-state index contributed by atoms with van der Waals surface area (Å²) in [5.74, 6) is -0.854. The SMILES string of the molecule is O=C(O)c1[nH]ncc1Nc1nccnc1Cl. The first kappa shape index (κ1) is 10.4. The van der Waals surface area contributed by atoms with Crippen molar-refractivity contribution < 1.29 is 9.90 Å². The second-order valence-electron chi connectivity index (χ2n) is 2.78. The van der Waals surface area contributed by atoms with Crippen molar-refractivity contribution in [3.63, 3.8) is 0 Å². The zero-order valence-corrected chi connectivity index (χ0v) is 8.56. The maximum atomic E-state index is 10.8. The fourth-order valence-corrected chi connectivity index (χ4v) is 1.23. The van der Waals surface area contributed by atoms with E-state index in [2.05, 4.69) is 25.5 Å². The standard InChI is InChI=1S/C8H6ClN5O2/c9-6-7(11-2-1-10-6)13-4-3-12-14-5(4)8(15)16/h1-3H,(H,11,13)(H,12,14)(H,15,16). The Balaban J connectivity index is 2.31. The average Bonchev–Trinajstić information content (AvgIpc) is 2.69. The molecule has 0 amide bonds. The number of aromatic nitrogens is 4. The molecule has 0 bridgehead atoms. The fraction of sp³-hybridized carbons (Fsp3) is 0. The van der Waals surface area contributed by atoms with Crippen LogP contribution in [0.15, 0.2) is 18.6 Å². The van der Waals surface area contributed by atoms with E-state index in [1.807, 2.05) is 0 Å². The summed E-state index contributed by atoms with van der Waals surface area (Å²) in [7, 11) is 0.